The minimum absolute atomic E-state index is 0.317. The zero-order valence-corrected chi connectivity index (χ0v) is 16.1. The molecular formula is C22H26N2O4. The number of carbonyl (C=O) groups is 2. The number of hydrogen-bond donors (Lipinski definition) is 0. The van der Waals surface area contributed by atoms with E-state index in [4.69, 9.17) is 9.47 Å². The Kier molecular flexibility index (Phi) is 5.65. The molecule has 0 aliphatic carbocycles. The molecule has 2 amide bonds. The van der Waals surface area contributed by atoms with Gasteiger partial charge in [0.1, 0.15) is 11.5 Å². The van der Waals surface area contributed by atoms with E-state index in [0.29, 0.717) is 11.5 Å². The fourth-order valence-electron chi connectivity index (χ4n) is 3.90. The van der Waals surface area contributed by atoms with E-state index in [-0.39, 0.29) is 12.2 Å². The molecule has 28 heavy (non-hydrogen) atoms. The van der Waals surface area contributed by atoms with E-state index in [1.807, 2.05) is 24.3 Å². The average Bonchev–Trinajstić information content (AvgIpc) is 2.75. The Morgan fingerprint density at radius 3 is 1.39 bits per heavy atom. The van der Waals surface area contributed by atoms with Gasteiger partial charge < -0.3 is 19.3 Å². The van der Waals surface area contributed by atoms with Crippen LogP contribution in [0.15, 0.2) is 36.4 Å². The summed E-state index contributed by atoms with van der Waals surface area (Å²) in [6, 6.07) is 11.0. The lowest BCUT2D eigenvalue weighted by Crippen LogP contribution is -2.37. The lowest BCUT2D eigenvalue weighted by Gasteiger charge is -2.26. The van der Waals surface area contributed by atoms with Crippen molar-refractivity contribution in [3.05, 3.63) is 36.4 Å². The van der Waals surface area contributed by atoms with Gasteiger partial charge in [-0.3, -0.25) is 0 Å². The highest BCUT2D eigenvalue weighted by molar-refractivity contribution is 5.95. The molecule has 0 N–H and O–H groups in total. The van der Waals surface area contributed by atoms with E-state index >= 15 is 0 Å². The molecule has 2 aromatic carbocycles. The van der Waals surface area contributed by atoms with Crippen LogP contribution >= 0.6 is 0 Å². The van der Waals surface area contributed by atoms with Gasteiger partial charge in [-0.25, -0.2) is 9.59 Å². The van der Waals surface area contributed by atoms with Gasteiger partial charge in [-0.05, 0) is 50.7 Å². The molecule has 2 saturated heterocycles. The van der Waals surface area contributed by atoms with Crippen molar-refractivity contribution < 1.29 is 19.1 Å². The number of benzene rings is 2. The maximum Gasteiger partial charge on any atom is 0.415 e. The quantitative estimate of drug-likeness (QED) is 0.748. The molecule has 148 valence electrons. The van der Waals surface area contributed by atoms with Crippen molar-refractivity contribution in [2.45, 2.75) is 38.5 Å². The van der Waals surface area contributed by atoms with Crippen LogP contribution in [-0.4, -0.2) is 48.2 Å². The highest BCUT2D eigenvalue weighted by atomic mass is 16.6. The number of nitrogens with zero attached hydrogens (tertiary/aromatic N) is 2. The van der Waals surface area contributed by atoms with Gasteiger partial charge in [-0.2, -0.15) is 0 Å². The summed E-state index contributed by atoms with van der Waals surface area (Å²) >= 11 is 0. The lowest BCUT2D eigenvalue weighted by molar-refractivity contribution is 0.142. The van der Waals surface area contributed by atoms with Gasteiger partial charge in [0.25, 0.3) is 0 Å². The van der Waals surface area contributed by atoms with E-state index in [9.17, 15) is 9.59 Å². The molecule has 0 aromatic heterocycles. The summed E-state index contributed by atoms with van der Waals surface area (Å²) in [7, 11) is 0. The minimum atomic E-state index is -0.317. The second-order valence-corrected chi connectivity index (χ2v) is 7.44. The molecule has 0 atom stereocenters. The first-order valence-corrected chi connectivity index (χ1v) is 10.2. The summed E-state index contributed by atoms with van der Waals surface area (Å²) in [6.07, 6.45) is 5.74. The third kappa shape index (κ3) is 4.06. The fourth-order valence-corrected chi connectivity index (χ4v) is 3.90. The normalized spacial score (nSPS) is 17.4. The van der Waals surface area contributed by atoms with Crippen molar-refractivity contribution in [1.29, 1.82) is 0 Å². The van der Waals surface area contributed by atoms with Crippen LogP contribution in [0.5, 0.6) is 11.5 Å². The highest BCUT2D eigenvalue weighted by Gasteiger charge is 2.21. The second-order valence-electron chi connectivity index (χ2n) is 7.44. The molecule has 2 heterocycles. The number of hydrogen-bond acceptors (Lipinski definition) is 4. The van der Waals surface area contributed by atoms with Crippen LogP contribution in [0.3, 0.4) is 0 Å². The van der Waals surface area contributed by atoms with Crippen molar-refractivity contribution >= 4 is 23.0 Å². The summed E-state index contributed by atoms with van der Waals surface area (Å²) in [4.78, 5) is 28.5. The molecule has 0 spiro atoms. The molecule has 6 nitrogen and oxygen atoms in total. The zero-order valence-electron chi connectivity index (χ0n) is 16.1. The first kappa shape index (κ1) is 18.6. The number of carbonyl (C=O) groups excluding carboxylic acids is 2. The van der Waals surface area contributed by atoms with Crippen LogP contribution in [0, 0.1) is 0 Å². The number of likely N-dealkylation sites (tertiary alicyclic amines) is 2. The van der Waals surface area contributed by atoms with Crippen LogP contribution < -0.4 is 9.47 Å². The van der Waals surface area contributed by atoms with Crippen molar-refractivity contribution in [3.63, 3.8) is 0 Å². The largest absolute Gasteiger partial charge is 0.415 e. The van der Waals surface area contributed by atoms with Crippen LogP contribution in [0.25, 0.3) is 10.8 Å². The first-order chi connectivity index (χ1) is 13.7. The molecule has 2 aliphatic heterocycles. The molecule has 0 unspecified atom stereocenters. The average molecular weight is 382 g/mol. The van der Waals surface area contributed by atoms with Gasteiger partial charge in [0.05, 0.1) is 0 Å². The first-order valence-electron chi connectivity index (χ1n) is 10.2. The van der Waals surface area contributed by atoms with Gasteiger partial charge >= 0.3 is 12.2 Å². The summed E-state index contributed by atoms with van der Waals surface area (Å²) < 4.78 is 11.4. The predicted octanol–water partition coefficient (Wildman–Crippen LogP) is 4.81. The number of rotatable bonds is 2. The Morgan fingerprint density at radius 2 is 1.00 bits per heavy atom. The van der Waals surface area contributed by atoms with Crippen molar-refractivity contribution in [2.75, 3.05) is 26.2 Å². The topological polar surface area (TPSA) is 59.1 Å². The second kappa shape index (κ2) is 8.50. The standard InChI is InChI=1S/C22H26N2O4/c25-21(23-13-3-1-4-14-23)27-19-11-7-10-18-17(19)9-8-12-20(18)28-22(26)24-15-5-2-6-16-24/h7-12H,1-6,13-16H2. The van der Waals surface area contributed by atoms with Crippen LogP contribution in [0.4, 0.5) is 9.59 Å². The molecule has 2 aromatic rings. The van der Waals surface area contributed by atoms with Crippen LogP contribution in [0.1, 0.15) is 38.5 Å². The molecule has 0 bridgehead atoms. The Balaban J connectivity index is 1.54. The SMILES string of the molecule is O=C(Oc1cccc2c(OC(=O)N3CCCCC3)cccc12)N1CCCCC1. The van der Waals surface area contributed by atoms with E-state index in [0.717, 1.165) is 75.5 Å². The summed E-state index contributed by atoms with van der Waals surface area (Å²) in [6.45, 7) is 2.95. The molecule has 0 radical (unpaired) electrons. The van der Waals surface area contributed by atoms with Crippen molar-refractivity contribution in [3.8, 4) is 11.5 Å². The number of piperidine rings is 2. The number of ether oxygens (including phenoxy) is 2. The van der Waals surface area contributed by atoms with E-state index < -0.39 is 0 Å². The molecule has 6 heteroatoms. The van der Waals surface area contributed by atoms with Gasteiger partial charge in [0.15, 0.2) is 0 Å². The smallest absolute Gasteiger partial charge is 0.410 e. The fraction of sp³-hybridized carbons (Fsp3) is 0.455. The predicted molar refractivity (Wildman–Crippen MR) is 107 cm³/mol. The Hall–Kier alpha value is -2.76. The maximum atomic E-state index is 12.5. The minimum Gasteiger partial charge on any atom is -0.410 e. The monoisotopic (exact) mass is 382 g/mol. The lowest BCUT2D eigenvalue weighted by atomic mass is 10.1. The van der Waals surface area contributed by atoms with Gasteiger partial charge in [-0.1, -0.05) is 24.3 Å². The highest BCUT2D eigenvalue weighted by Crippen LogP contribution is 2.33. The van der Waals surface area contributed by atoms with Crippen molar-refractivity contribution in [1.82, 2.24) is 9.80 Å². The van der Waals surface area contributed by atoms with Gasteiger partial charge in [0.2, 0.25) is 0 Å². The number of amides is 2. The van der Waals surface area contributed by atoms with Gasteiger partial charge in [0, 0.05) is 37.0 Å². The summed E-state index contributed by atoms with van der Waals surface area (Å²) in [5, 5.41) is 1.52. The van der Waals surface area contributed by atoms with Crippen LogP contribution in [0.2, 0.25) is 0 Å². The van der Waals surface area contributed by atoms with Crippen molar-refractivity contribution in [2.24, 2.45) is 0 Å². The molecule has 2 fully saturated rings. The molecule has 2 aliphatic rings. The Bertz CT molecular complexity index is 783. The molecule has 4 rings (SSSR count). The Morgan fingerprint density at radius 1 is 0.607 bits per heavy atom. The van der Waals surface area contributed by atoms with Gasteiger partial charge in [-0.15, -0.1) is 0 Å². The maximum absolute atomic E-state index is 12.5. The molecule has 0 saturated carbocycles. The number of fused-ring (bicyclic) bond motifs is 1. The Labute approximate surface area is 165 Å². The summed E-state index contributed by atoms with van der Waals surface area (Å²) in [5.74, 6) is 0.980. The molecular weight excluding hydrogens is 356 g/mol. The zero-order chi connectivity index (χ0) is 19.3. The third-order valence-corrected chi connectivity index (χ3v) is 5.47. The third-order valence-electron chi connectivity index (χ3n) is 5.47. The van der Waals surface area contributed by atoms with E-state index in [1.165, 1.54) is 0 Å². The van der Waals surface area contributed by atoms with E-state index in [1.54, 1.807) is 21.9 Å². The van der Waals surface area contributed by atoms with Crippen LogP contribution in [-0.2, 0) is 0 Å². The van der Waals surface area contributed by atoms with E-state index in [2.05, 4.69) is 0 Å². The summed E-state index contributed by atoms with van der Waals surface area (Å²) in [5.41, 5.74) is 0.